The minimum Gasteiger partial charge on any atom is -0.379 e. The van der Waals surface area contributed by atoms with Crippen LogP contribution in [0, 0.1) is 0 Å². The first-order valence-electron chi connectivity index (χ1n) is 6.67. The molecule has 1 aromatic rings. The maximum atomic E-state index is 12.4. The predicted molar refractivity (Wildman–Crippen MR) is 75.3 cm³/mol. The fraction of sp³-hybridized carbons (Fsp3) is 0.667. The summed E-state index contributed by atoms with van der Waals surface area (Å²) in [5.74, 6) is 0.534. The van der Waals surface area contributed by atoms with Gasteiger partial charge in [0, 0.05) is 24.3 Å². The van der Waals surface area contributed by atoms with Gasteiger partial charge in [0.2, 0.25) is 0 Å². The monoisotopic (exact) mass is 266 g/mol. The molecule has 0 N–H and O–H groups in total. The number of fused-ring (bicyclic) bond motifs is 1. The van der Waals surface area contributed by atoms with Gasteiger partial charge in [-0.3, -0.25) is 4.79 Å². The lowest BCUT2D eigenvalue weighted by atomic mass is 9.82. The van der Waals surface area contributed by atoms with Crippen molar-refractivity contribution < 1.29 is 9.53 Å². The Labute approximate surface area is 113 Å². The van der Waals surface area contributed by atoms with Crippen molar-refractivity contribution in [2.75, 3.05) is 7.11 Å². The van der Waals surface area contributed by atoms with Crippen molar-refractivity contribution in [2.24, 2.45) is 0 Å². The first kappa shape index (κ1) is 13.8. The molecule has 2 rings (SSSR count). The van der Waals surface area contributed by atoms with Crippen LogP contribution < -0.4 is 0 Å². The average Bonchev–Trinajstić information content (AvgIpc) is 2.84. The van der Waals surface area contributed by atoms with E-state index < -0.39 is 0 Å². The molecule has 0 saturated heterocycles. The molecule has 18 heavy (non-hydrogen) atoms. The summed E-state index contributed by atoms with van der Waals surface area (Å²) in [6.07, 6.45) is 4.76. The number of hydrogen-bond donors (Lipinski definition) is 0. The van der Waals surface area contributed by atoms with Crippen LogP contribution in [0.25, 0.3) is 0 Å². The van der Waals surface area contributed by atoms with E-state index in [0.29, 0.717) is 12.2 Å². The van der Waals surface area contributed by atoms with Crippen molar-refractivity contribution >= 4 is 17.1 Å². The van der Waals surface area contributed by atoms with E-state index in [9.17, 15) is 4.79 Å². The second kappa shape index (κ2) is 5.54. The maximum absolute atomic E-state index is 12.4. The van der Waals surface area contributed by atoms with Crippen LogP contribution in [0.4, 0.5) is 0 Å². The fourth-order valence-electron chi connectivity index (χ4n) is 2.52. The number of carbonyl (C=O) groups excluding carboxylic acids is 1. The first-order valence-corrected chi connectivity index (χ1v) is 7.55. The zero-order valence-corrected chi connectivity index (χ0v) is 12.3. The zero-order chi connectivity index (χ0) is 13.2. The summed E-state index contributed by atoms with van der Waals surface area (Å²) >= 11 is 1.80. The second-order valence-electron chi connectivity index (χ2n) is 5.67. The van der Waals surface area contributed by atoms with Crippen LogP contribution >= 0.6 is 11.3 Å². The molecule has 100 valence electrons. The van der Waals surface area contributed by atoms with Crippen LogP contribution in [0.3, 0.4) is 0 Å². The van der Waals surface area contributed by atoms with Gasteiger partial charge in [-0.1, -0.05) is 0 Å². The number of ketones is 1. The molecular formula is C15H22O2S. The summed E-state index contributed by atoms with van der Waals surface area (Å²) in [4.78, 5) is 13.8. The molecule has 1 aliphatic carbocycles. The highest BCUT2D eigenvalue weighted by atomic mass is 32.1. The Morgan fingerprint density at radius 1 is 1.56 bits per heavy atom. The third kappa shape index (κ3) is 3.01. The molecule has 0 bridgehead atoms. The fourth-order valence-corrected chi connectivity index (χ4v) is 3.51. The van der Waals surface area contributed by atoms with Crippen molar-refractivity contribution in [1.29, 1.82) is 0 Å². The van der Waals surface area contributed by atoms with Crippen molar-refractivity contribution in [3.8, 4) is 0 Å². The number of carbonyl (C=O) groups is 1. The van der Waals surface area contributed by atoms with Crippen LogP contribution in [0.2, 0.25) is 0 Å². The number of hydrogen-bond acceptors (Lipinski definition) is 3. The van der Waals surface area contributed by atoms with Gasteiger partial charge < -0.3 is 4.74 Å². The molecule has 0 amide bonds. The smallest absolute Gasteiger partial charge is 0.140 e. The van der Waals surface area contributed by atoms with Gasteiger partial charge in [0.05, 0.1) is 5.60 Å². The Bertz CT molecular complexity index is 420. The standard InChI is InChI=1S/C15H22O2S/c1-15(2,17-3)9-7-13(16)11-5-4-6-14-12(11)8-10-18-14/h8,10-11H,4-7,9H2,1-3H3. The molecule has 0 saturated carbocycles. The summed E-state index contributed by atoms with van der Waals surface area (Å²) in [5.41, 5.74) is 1.11. The van der Waals surface area contributed by atoms with Crippen LogP contribution in [0.15, 0.2) is 11.4 Å². The third-order valence-electron chi connectivity index (χ3n) is 3.97. The largest absolute Gasteiger partial charge is 0.379 e. The number of rotatable bonds is 5. The summed E-state index contributed by atoms with van der Waals surface area (Å²) in [6, 6.07) is 2.14. The van der Waals surface area contributed by atoms with Gasteiger partial charge in [-0.2, -0.15) is 0 Å². The number of ether oxygens (including phenoxy) is 1. The van der Waals surface area contributed by atoms with E-state index in [4.69, 9.17) is 4.74 Å². The highest BCUT2D eigenvalue weighted by molar-refractivity contribution is 7.10. The lowest BCUT2D eigenvalue weighted by Crippen LogP contribution is -2.25. The van der Waals surface area contributed by atoms with E-state index in [0.717, 1.165) is 25.7 Å². The summed E-state index contributed by atoms with van der Waals surface area (Å²) in [7, 11) is 1.71. The molecule has 3 heteroatoms. The van der Waals surface area contributed by atoms with Gasteiger partial charge in [0.1, 0.15) is 5.78 Å². The Kier molecular flexibility index (Phi) is 4.23. The van der Waals surface area contributed by atoms with Gasteiger partial charge in [-0.05, 0) is 56.5 Å². The molecule has 1 aliphatic rings. The molecular weight excluding hydrogens is 244 g/mol. The van der Waals surface area contributed by atoms with E-state index >= 15 is 0 Å². The molecule has 1 unspecified atom stereocenters. The normalized spacial score (nSPS) is 19.6. The zero-order valence-electron chi connectivity index (χ0n) is 11.5. The van der Waals surface area contributed by atoms with Crippen molar-refractivity contribution in [3.05, 3.63) is 21.9 Å². The summed E-state index contributed by atoms with van der Waals surface area (Å²) in [5, 5.41) is 2.12. The highest BCUT2D eigenvalue weighted by Gasteiger charge is 2.28. The van der Waals surface area contributed by atoms with Crippen molar-refractivity contribution in [1.82, 2.24) is 0 Å². The molecule has 0 aliphatic heterocycles. The lowest BCUT2D eigenvalue weighted by molar-refractivity contribution is -0.122. The van der Waals surface area contributed by atoms with Crippen molar-refractivity contribution in [2.45, 2.75) is 57.5 Å². The van der Waals surface area contributed by atoms with Gasteiger partial charge in [-0.15, -0.1) is 11.3 Å². The highest BCUT2D eigenvalue weighted by Crippen LogP contribution is 2.36. The Morgan fingerprint density at radius 2 is 2.33 bits per heavy atom. The molecule has 1 heterocycles. The van der Waals surface area contributed by atoms with Gasteiger partial charge in [0.15, 0.2) is 0 Å². The lowest BCUT2D eigenvalue weighted by Gasteiger charge is -2.25. The Morgan fingerprint density at radius 3 is 3.06 bits per heavy atom. The Hall–Kier alpha value is -0.670. The number of Topliss-reactive ketones (excluding diaryl/α,β-unsaturated/α-hetero) is 1. The predicted octanol–water partition coefficient (Wildman–Crippen LogP) is 3.94. The summed E-state index contributed by atoms with van der Waals surface area (Å²) < 4.78 is 5.38. The topological polar surface area (TPSA) is 26.3 Å². The van der Waals surface area contributed by atoms with E-state index in [1.807, 2.05) is 13.8 Å². The summed E-state index contributed by atoms with van der Waals surface area (Å²) in [6.45, 7) is 4.08. The van der Waals surface area contributed by atoms with E-state index in [2.05, 4.69) is 11.4 Å². The molecule has 2 nitrogen and oxygen atoms in total. The van der Waals surface area contributed by atoms with Crippen LogP contribution in [0.1, 0.15) is 55.9 Å². The molecule has 1 aromatic heterocycles. The van der Waals surface area contributed by atoms with Gasteiger partial charge >= 0.3 is 0 Å². The molecule has 0 spiro atoms. The SMILES string of the molecule is COC(C)(C)CCC(=O)C1CCCc2sccc21. The molecule has 0 fully saturated rings. The second-order valence-corrected chi connectivity index (χ2v) is 6.67. The average molecular weight is 266 g/mol. The molecule has 0 aromatic carbocycles. The van der Waals surface area contributed by atoms with E-state index in [-0.39, 0.29) is 11.5 Å². The Balaban J connectivity index is 1.99. The van der Waals surface area contributed by atoms with Gasteiger partial charge in [0.25, 0.3) is 0 Å². The third-order valence-corrected chi connectivity index (χ3v) is 4.96. The van der Waals surface area contributed by atoms with Crippen LogP contribution in [-0.4, -0.2) is 18.5 Å². The minimum atomic E-state index is -0.193. The van der Waals surface area contributed by atoms with Crippen LogP contribution in [0.5, 0.6) is 0 Å². The van der Waals surface area contributed by atoms with Gasteiger partial charge in [-0.25, -0.2) is 0 Å². The number of aryl methyl sites for hydroxylation is 1. The maximum Gasteiger partial charge on any atom is 0.140 e. The first-order chi connectivity index (χ1) is 8.53. The number of thiophene rings is 1. The molecule has 0 radical (unpaired) electrons. The molecule has 1 atom stereocenters. The van der Waals surface area contributed by atoms with Crippen molar-refractivity contribution in [3.63, 3.8) is 0 Å². The quantitative estimate of drug-likeness (QED) is 0.807. The van der Waals surface area contributed by atoms with E-state index in [1.165, 1.54) is 10.4 Å². The van der Waals surface area contributed by atoms with E-state index in [1.54, 1.807) is 18.4 Å². The number of methoxy groups -OCH3 is 1. The van der Waals surface area contributed by atoms with Crippen LogP contribution in [-0.2, 0) is 16.0 Å². The minimum absolute atomic E-state index is 0.146.